The average molecular weight is 544 g/mol. The summed E-state index contributed by atoms with van der Waals surface area (Å²) in [7, 11) is 0. The maximum absolute atomic E-state index is 10.6. The summed E-state index contributed by atoms with van der Waals surface area (Å²) in [5, 5.41) is 89.0. The van der Waals surface area contributed by atoms with E-state index in [0.29, 0.717) is 0 Å². The fraction of sp³-hybridized carbons (Fsp3) is 0.600. The van der Waals surface area contributed by atoms with Crippen molar-refractivity contribution in [2.45, 2.75) is 0 Å². The summed E-state index contributed by atoms with van der Waals surface area (Å²) in [6.45, 7) is -2.25. The van der Waals surface area contributed by atoms with Crippen molar-refractivity contribution in [2.75, 3.05) is 39.3 Å². The molecule has 26 heteroatoms. The van der Waals surface area contributed by atoms with E-state index in [9.17, 15) is 19.2 Å². The number of carboxylic acid groups (broad SMARTS) is 4. The topological polar surface area (TPSA) is 409 Å². The van der Waals surface area contributed by atoms with Crippen LogP contribution in [-0.2, 0) is 19.2 Å². The molecule has 0 saturated heterocycles. The van der Waals surface area contributed by atoms with Gasteiger partial charge in [0, 0.05) is 13.1 Å². The Bertz CT molecular complexity index is 596. The standard InChI is InChI=1S/C10H16N2O8.4HNO3/c13-7(14)3-11(4-8(15)16)1-2-12(5-9(17)18)6-10(19)20;4*2-1(3)4/h1-6H2,(H,13,14)(H,15,16)(H,17,18)(H,19,20);4*(H,2,3,4). The third-order valence-corrected chi connectivity index (χ3v) is 2.17. The zero-order valence-electron chi connectivity index (χ0n) is 17.4. The number of nitrogens with zero attached hydrogens (tertiary/aromatic N) is 6. The fourth-order valence-corrected chi connectivity index (χ4v) is 1.48. The van der Waals surface area contributed by atoms with E-state index in [0.717, 1.165) is 9.80 Å². The molecule has 0 bridgehead atoms. The van der Waals surface area contributed by atoms with Crippen LogP contribution < -0.4 is 0 Å². The number of carbonyl (C=O) groups is 4. The highest BCUT2D eigenvalue weighted by Crippen LogP contribution is 1.94. The van der Waals surface area contributed by atoms with Crippen LogP contribution in [-0.4, -0.2) is 135 Å². The SMILES string of the molecule is O=C(O)CN(CCN(CC(=O)O)CC(=O)O)CC(=O)O.O=[N+]([O-])O.O=[N+]([O-])O.O=[N+]([O-])O.O=[N+]([O-])O. The molecule has 0 unspecified atom stereocenters. The minimum atomic E-state index is -1.50. The maximum Gasteiger partial charge on any atom is 0.317 e. The number of carboxylic acids is 4. The predicted octanol–water partition coefficient (Wildman–Crippen LogP) is -3.46. The van der Waals surface area contributed by atoms with Gasteiger partial charge in [-0.05, 0) is 0 Å². The number of hydrogen-bond acceptors (Lipinski definition) is 14. The Labute approximate surface area is 195 Å². The second kappa shape index (κ2) is 25.9. The van der Waals surface area contributed by atoms with Gasteiger partial charge in [0.05, 0.1) is 26.2 Å². The Hall–Kier alpha value is -5.40. The van der Waals surface area contributed by atoms with Gasteiger partial charge >= 0.3 is 23.9 Å². The number of rotatable bonds is 11. The Balaban J connectivity index is -0.000000161. The van der Waals surface area contributed by atoms with Gasteiger partial charge in [0.1, 0.15) is 0 Å². The summed E-state index contributed by atoms with van der Waals surface area (Å²) in [5.74, 6) is -4.91. The molecule has 0 fully saturated rings. The first-order chi connectivity index (χ1) is 16.1. The number of aliphatic carboxylic acids is 4. The molecule has 0 radical (unpaired) electrons. The smallest absolute Gasteiger partial charge is 0.317 e. The van der Waals surface area contributed by atoms with Crippen molar-refractivity contribution in [1.29, 1.82) is 0 Å². The van der Waals surface area contributed by atoms with E-state index in [-0.39, 0.29) is 13.1 Å². The first kappa shape index (κ1) is 40.9. The van der Waals surface area contributed by atoms with E-state index < -0.39 is 70.4 Å². The van der Waals surface area contributed by atoms with Gasteiger partial charge < -0.3 is 41.3 Å². The normalized spacial score (nSPS) is 8.61. The molecule has 0 spiro atoms. The monoisotopic (exact) mass is 544 g/mol. The summed E-state index contributed by atoms with van der Waals surface area (Å²) in [4.78, 5) is 77.8. The lowest BCUT2D eigenvalue weighted by atomic mass is 10.4. The third kappa shape index (κ3) is 89.5. The van der Waals surface area contributed by atoms with Crippen LogP contribution >= 0.6 is 0 Å². The molecule has 26 nitrogen and oxygen atoms in total. The molecule has 0 aromatic rings. The highest BCUT2D eigenvalue weighted by atomic mass is 16.9. The van der Waals surface area contributed by atoms with E-state index in [1.165, 1.54) is 0 Å². The van der Waals surface area contributed by atoms with Crippen LogP contribution in [0.5, 0.6) is 0 Å². The van der Waals surface area contributed by atoms with Gasteiger partial charge in [0.15, 0.2) is 0 Å². The van der Waals surface area contributed by atoms with Crippen molar-refractivity contribution >= 4 is 23.9 Å². The molecule has 0 aliphatic carbocycles. The van der Waals surface area contributed by atoms with Crippen molar-refractivity contribution in [2.24, 2.45) is 0 Å². The zero-order chi connectivity index (χ0) is 30.0. The summed E-state index contributed by atoms with van der Waals surface area (Å²) in [5.41, 5.74) is 0. The summed E-state index contributed by atoms with van der Waals surface area (Å²) >= 11 is 0. The van der Waals surface area contributed by atoms with E-state index in [4.69, 9.17) is 81.7 Å². The fourth-order valence-electron chi connectivity index (χ4n) is 1.48. The molecule has 0 rings (SSSR count). The quantitative estimate of drug-likeness (QED) is 0.0924. The van der Waals surface area contributed by atoms with E-state index >= 15 is 0 Å². The molecule has 0 saturated carbocycles. The maximum atomic E-state index is 10.6. The van der Waals surface area contributed by atoms with E-state index in [2.05, 4.69) is 0 Å². The Morgan fingerprint density at radius 3 is 0.667 bits per heavy atom. The molecule has 0 aromatic heterocycles. The molecular weight excluding hydrogens is 524 g/mol. The summed E-state index contributed by atoms with van der Waals surface area (Å²) in [6, 6.07) is 0. The van der Waals surface area contributed by atoms with Crippen LogP contribution in [0.2, 0.25) is 0 Å². The van der Waals surface area contributed by atoms with Crippen LogP contribution in [0.1, 0.15) is 0 Å². The zero-order valence-corrected chi connectivity index (χ0v) is 17.4. The van der Waals surface area contributed by atoms with Crippen LogP contribution in [0.3, 0.4) is 0 Å². The van der Waals surface area contributed by atoms with Gasteiger partial charge in [-0.1, -0.05) is 0 Å². The van der Waals surface area contributed by atoms with Gasteiger partial charge in [-0.3, -0.25) is 29.0 Å². The van der Waals surface area contributed by atoms with Crippen molar-refractivity contribution in [3.63, 3.8) is 0 Å². The molecule has 210 valence electrons. The molecule has 0 atom stereocenters. The average Bonchev–Trinajstić information content (AvgIpc) is 2.55. The second-order valence-corrected chi connectivity index (χ2v) is 4.95. The highest BCUT2D eigenvalue weighted by Gasteiger charge is 2.17. The lowest BCUT2D eigenvalue weighted by molar-refractivity contribution is -0.742. The van der Waals surface area contributed by atoms with Gasteiger partial charge in [0.2, 0.25) is 0 Å². The predicted molar refractivity (Wildman–Crippen MR) is 98.5 cm³/mol. The van der Waals surface area contributed by atoms with Crippen LogP contribution in [0.4, 0.5) is 0 Å². The van der Waals surface area contributed by atoms with Crippen molar-refractivity contribution in [1.82, 2.24) is 9.80 Å². The van der Waals surface area contributed by atoms with Gasteiger partial charge in [-0.25, -0.2) is 0 Å². The molecule has 0 amide bonds. The number of hydrogen-bond donors (Lipinski definition) is 8. The Morgan fingerprint density at radius 2 is 0.583 bits per heavy atom. The lowest BCUT2D eigenvalue weighted by Gasteiger charge is -2.23. The van der Waals surface area contributed by atoms with Crippen LogP contribution in [0, 0.1) is 40.5 Å². The van der Waals surface area contributed by atoms with Crippen molar-refractivity contribution < 1.29 is 80.8 Å². The summed E-state index contributed by atoms with van der Waals surface area (Å²) < 4.78 is 0. The van der Waals surface area contributed by atoms with E-state index in [1.54, 1.807) is 0 Å². The van der Waals surface area contributed by atoms with Crippen LogP contribution in [0.15, 0.2) is 0 Å². The first-order valence-corrected chi connectivity index (χ1v) is 7.78. The van der Waals surface area contributed by atoms with Crippen LogP contribution in [0.25, 0.3) is 0 Å². The molecule has 0 aromatic carbocycles. The molecular formula is C10H20N6O20. The van der Waals surface area contributed by atoms with Crippen molar-refractivity contribution in [3.05, 3.63) is 40.5 Å². The molecule has 0 heterocycles. The lowest BCUT2D eigenvalue weighted by Crippen LogP contribution is -2.43. The minimum absolute atomic E-state index is 0.0703. The van der Waals surface area contributed by atoms with Gasteiger partial charge in [-0.2, -0.15) is 0 Å². The van der Waals surface area contributed by atoms with E-state index in [1.807, 2.05) is 0 Å². The molecule has 0 aliphatic heterocycles. The largest absolute Gasteiger partial charge is 0.480 e. The van der Waals surface area contributed by atoms with Gasteiger partial charge in [-0.15, -0.1) is 40.5 Å². The highest BCUT2D eigenvalue weighted by molar-refractivity contribution is 5.73. The Kier molecular flexibility index (Phi) is 29.4. The minimum Gasteiger partial charge on any atom is -0.480 e. The Morgan fingerprint density at radius 1 is 0.472 bits per heavy atom. The summed E-state index contributed by atoms with van der Waals surface area (Å²) in [6.07, 6.45) is 0. The molecule has 36 heavy (non-hydrogen) atoms. The third-order valence-electron chi connectivity index (χ3n) is 2.17. The van der Waals surface area contributed by atoms with Crippen molar-refractivity contribution in [3.8, 4) is 0 Å². The second-order valence-electron chi connectivity index (χ2n) is 4.95. The first-order valence-electron chi connectivity index (χ1n) is 7.78. The molecule has 0 aliphatic rings. The molecule has 8 N–H and O–H groups in total. The van der Waals surface area contributed by atoms with Gasteiger partial charge in [0.25, 0.3) is 20.3 Å².